The molecule has 0 radical (unpaired) electrons. The van der Waals surface area contributed by atoms with Gasteiger partial charge in [0.05, 0.1) is 7.14 Å². The van der Waals surface area contributed by atoms with E-state index in [2.05, 4.69) is 20.8 Å². The van der Waals surface area contributed by atoms with Crippen molar-refractivity contribution >= 4 is 7.14 Å². The standard InChI is InChI=1S/C28H59OP/c1-4-7-10-11-12-13-14-15-16-17-18-19-20-21-22-23-24-25-28-30(29,26-8-5-2)27-9-6-3/h4-28H2,1-3H3. The van der Waals surface area contributed by atoms with Gasteiger partial charge in [-0.1, -0.05) is 143 Å². The van der Waals surface area contributed by atoms with E-state index < -0.39 is 7.14 Å². The average molecular weight is 443 g/mol. The van der Waals surface area contributed by atoms with Gasteiger partial charge < -0.3 is 4.57 Å². The second kappa shape index (κ2) is 23.9. The molecule has 1 nitrogen and oxygen atoms in total. The minimum atomic E-state index is -1.84. The molecule has 0 aliphatic carbocycles. The van der Waals surface area contributed by atoms with Crippen molar-refractivity contribution in [2.24, 2.45) is 0 Å². The zero-order valence-electron chi connectivity index (χ0n) is 21.5. The second-order valence-electron chi connectivity index (χ2n) is 9.95. The molecule has 0 bridgehead atoms. The van der Waals surface area contributed by atoms with Crippen molar-refractivity contribution in [3.05, 3.63) is 0 Å². The molecule has 30 heavy (non-hydrogen) atoms. The van der Waals surface area contributed by atoms with Crippen molar-refractivity contribution in [3.8, 4) is 0 Å². The highest BCUT2D eigenvalue weighted by Gasteiger charge is 2.19. The van der Waals surface area contributed by atoms with Gasteiger partial charge in [0.2, 0.25) is 0 Å². The first-order valence-electron chi connectivity index (χ1n) is 14.3. The highest BCUT2D eigenvalue weighted by Crippen LogP contribution is 2.48. The molecule has 0 saturated carbocycles. The fraction of sp³-hybridized carbons (Fsp3) is 1.00. The summed E-state index contributed by atoms with van der Waals surface area (Å²) >= 11 is 0. The van der Waals surface area contributed by atoms with Crippen LogP contribution in [0.15, 0.2) is 0 Å². The normalized spacial score (nSPS) is 12.0. The smallest absolute Gasteiger partial charge is 0.0877 e. The molecule has 0 aliphatic heterocycles. The van der Waals surface area contributed by atoms with Crippen LogP contribution < -0.4 is 0 Å². The Kier molecular flexibility index (Phi) is 24.1. The Balaban J connectivity index is 3.36. The second-order valence-corrected chi connectivity index (χ2v) is 13.4. The van der Waals surface area contributed by atoms with Crippen molar-refractivity contribution in [2.75, 3.05) is 18.5 Å². The predicted molar refractivity (Wildman–Crippen MR) is 141 cm³/mol. The summed E-state index contributed by atoms with van der Waals surface area (Å²) in [6.07, 6.45) is 33.3. The minimum Gasteiger partial charge on any atom is -0.324 e. The third kappa shape index (κ3) is 21.5. The third-order valence-corrected chi connectivity index (χ3v) is 10.2. The molecule has 0 fully saturated rings. The third-order valence-electron chi connectivity index (χ3n) is 6.76. The zero-order chi connectivity index (χ0) is 22.2. The molecule has 0 atom stereocenters. The van der Waals surface area contributed by atoms with Crippen LogP contribution in [0.1, 0.15) is 162 Å². The molecule has 0 heterocycles. The fourth-order valence-electron chi connectivity index (χ4n) is 4.53. The van der Waals surface area contributed by atoms with E-state index in [4.69, 9.17) is 0 Å². The van der Waals surface area contributed by atoms with Crippen LogP contribution in [0, 0.1) is 0 Å². The molecule has 0 saturated heterocycles. The van der Waals surface area contributed by atoms with E-state index in [1.807, 2.05) is 0 Å². The predicted octanol–water partition coefficient (Wildman–Crippen LogP) is 11.0. The quantitative estimate of drug-likeness (QED) is 0.101. The Morgan fingerprint density at radius 1 is 0.333 bits per heavy atom. The van der Waals surface area contributed by atoms with Gasteiger partial charge in [-0.2, -0.15) is 0 Å². The monoisotopic (exact) mass is 442 g/mol. The maximum absolute atomic E-state index is 13.1. The number of hydrogen-bond acceptors (Lipinski definition) is 1. The van der Waals surface area contributed by atoms with Gasteiger partial charge in [-0.3, -0.25) is 0 Å². The minimum absolute atomic E-state index is 1.02. The molecular weight excluding hydrogens is 383 g/mol. The lowest BCUT2D eigenvalue weighted by atomic mass is 10.0. The van der Waals surface area contributed by atoms with Crippen molar-refractivity contribution in [1.29, 1.82) is 0 Å². The summed E-state index contributed by atoms with van der Waals surface area (Å²) in [7, 11) is -1.84. The van der Waals surface area contributed by atoms with Gasteiger partial charge in [0.25, 0.3) is 0 Å². The summed E-state index contributed by atoms with van der Waals surface area (Å²) < 4.78 is 13.1. The van der Waals surface area contributed by atoms with Crippen LogP contribution in [0.4, 0.5) is 0 Å². The molecule has 0 amide bonds. The summed E-state index contributed by atoms with van der Waals surface area (Å²) in [6.45, 7) is 6.74. The molecular formula is C28H59OP. The Morgan fingerprint density at radius 3 is 0.867 bits per heavy atom. The summed E-state index contributed by atoms with van der Waals surface area (Å²) in [5, 5.41) is 0. The van der Waals surface area contributed by atoms with Crippen LogP contribution in [0.5, 0.6) is 0 Å². The lowest BCUT2D eigenvalue weighted by Gasteiger charge is -2.17. The fourth-order valence-corrected chi connectivity index (χ4v) is 7.79. The first kappa shape index (κ1) is 30.2. The van der Waals surface area contributed by atoms with Crippen LogP contribution in [-0.2, 0) is 4.57 Å². The number of unbranched alkanes of at least 4 members (excludes halogenated alkanes) is 19. The Hall–Kier alpha value is 0.230. The van der Waals surface area contributed by atoms with Crippen molar-refractivity contribution in [3.63, 3.8) is 0 Å². The summed E-state index contributed by atoms with van der Waals surface area (Å²) in [6, 6.07) is 0. The van der Waals surface area contributed by atoms with Crippen LogP contribution in [0.3, 0.4) is 0 Å². The largest absolute Gasteiger partial charge is 0.324 e. The SMILES string of the molecule is CCCCCCCCCCCCCCCCCCCCP(=O)(CCCC)CCCC. The lowest BCUT2D eigenvalue weighted by Crippen LogP contribution is -2.01. The number of rotatable bonds is 25. The zero-order valence-corrected chi connectivity index (χ0v) is 22.4. The molecule has 0 aromatic carbocycles. The first-order valence-corrected chi connectivity index (χ1v) is 16.5. The van der Waals surface area contributed by atoms with Gasteiger partial charge in [0, 0.05) is 18.5 Å². The van der Waals surface area contributed by atoms with Crippen LogP contribution in [-0.4, -0.2) is 18.5 Å². The van der Waals surface area contributed by atoms with Crippen LogP contribution in [0.2, 0.25) is 0 Å². The maximum Gasteiger partial charge on any atom is 0.0877 e. The van der Waals surface area contributed by atoms with Crippen LogP contribution >= 0.6 is 7.14 Å². The van der Waals surface area contributed by atoms with E-state index in [9.17, 15) is 4.57 Å². The van der Waals surface area contributed by atoms with Gasteiger partial charge in [0.15, 0.2) is 0 Å². The maximum atomic E-state index is 13.1. The summed E-state index contributed by atoms with van der Waals surface area (Å²) in [5.41, 5.74) is 0. The molecule has 0 aromatic heterocycles. The molecule has 0 unspecified atom stereocenters. The van der Waals surface area contributed by atoms with E-state index in [-0.39, 0.29) is 0 Å². The Bertz CT molecular complexity index is 354. The van der Waals surface area contributed by atoms with Crippen molar-refractivity contribution in [1.82, 2.24) is 0 Å². The van der Waals surface area contributed by atoms with Gasteiger partial charge in [-0.25, -0.2) is 0 Å². The Morgan fingerprint density at radius 2 is 0.567 bits per heavy atom. The van der Waals surface area contributed by atoms with E-state index in [1.165, 1.54) is 141 Å². The van der Waals surface area contributed by atoms with Gasteiger partial charge in [0.1, 0.15) is 0 Å². The van der Waals surface area contributed by atoms with Gasteiger partial charge >= 0.3 is 0 Å². The van der Waals surface area contributed by atoms with Crippen LogP contribution in [0.25, 0.3) is 0 Å². The van der Waals surface area contributed by atoms with E-state index >= 15 is 0 Å². The molecule has 0 N–H and O–H groups in total. The highest BCUT2D eigenvalue weighted by molar-refractivity contribution is 7.63. The number of hydrogen-bond donors (Lipinski definition) is 0. The van der Waals surface area contributed by atoms with E-state index in [0.29, 0.717) is 0 Å². The molecule has 0 aromatic rings. The molecule has 182 valence electrons. The summed E-state index contributed by atoms with van der Waals surface area (Å²) in [5.74, 6) is 0. The lowest BCUT2D eigenvalue weighted by molar-refractivity contribution is 0.526. The highest BCUT2D eigenvalue weighted by atomic mass is 31.2. The molecule has 0 rings (SSSR count). The molecule has 0 aliphatic rings. The van der Waals surface area contributed by atoms with E-state index in [0.717, 1.165) is 18.5 Å². The molecule has 0 spiro atoms. The van der Waals surface area contributed by atoms with Crippen molar-refractivity contribution < 1.29 is 4.57 Å². The average Bonchev–Trinajstić information content (AvgIpc) is 2.75. The summed E-state index contributed by atoms with van der Waals surface area (Å²) in [4.78, 5) is 0. The van der Waals surface area contributed by atoms with Gasteiger partial charge in [-0.05, 0) is 19.3 Å². The topological polar surface area (TPSA) is 17.1 Å². The van der Waals surface area contributed by atoms with Crippen molar-refractivity contribution in [2.45, 2.75) is 162 Å². The first-order chi connectivity index (χ1) is 14.7. The molecule has 2 heteroatoms. The van der Waals surface area contributed by atoms with E-state index in [1.54, 1.807) is 0 Å². The Labute approximate surface area is 192 Å². The van der Waals surface area contributed by atoms with Gasteiger partial charge in [-0.15, -0.1) is 0 Å².